The van der Waals surface area contributed by atoms with Crippen LogP contribution in [0.5, 0.6) is 0 Å². The molecule has 5 nitrogen and oxygen atoms in total. The van der Waals surface area contributed by atoms with Crippen molar-refractivity contribution >= 4 is 12.1 Å². The van der Waals surface area contributed by atoms with Crippen LogP contribution in [0.25, 0.3) is 0 Å². The molecule has 2 atom stereocenters. The second-order valence-corrected chi connectivity index (χ2v) is 26.6. The molecule has 0 aromatic rings. The van der Waals surface area contributed by atoms with Crippen LogP contribution in [0.15, 0.2) is 0 Å². The van der Waals surface area contributed by atoms with Crippen LogP contribution in [-0.2, 0) is 14.3 Å². The number of amides is 1. The second-order valence-electron chi connectivity index (χ2n) is 26.6. The number of hydrogen-bond donors (Lipinski definition) is 1. The number of esters is 1. The highest BCUT2D eigenvalue weighted by Gasteiger charge is 2.45. The van der Waals surface area contributed by atoms with Crippen molar-refractivity contribution in [1.29, 1.82) is 0 Å². The van der Waals surface area contributed by atoms with Crippen molar-refractivity contribution < 1.29 is 19.1 Å². The van der Waals surface area contributed by atoms with Crippen LogP contribution in [-0.4, -0.2) is 31.3 Å². The molecule has 0 radical (unpaired) electrons. The van der Waals surface area contributed by atoms with Gasteiger partial charge >= 0.3 is 12.1 Å². The van der Waals surface area contributed by atoms with Gasteiger partial charge in [0.1, 0.15) is 0 Å². The third-order valence-corrected chi connectivity index (χ3v) is 10.2. The Morgan fingerprint density at radius 1 is 0.538 bits per heavy atom. The van der Waals surface area contributed by atoms with Crippen LogP contribution in [0.2, 0.25) is 0 Å². The number of rotatable bonds is 14. The van der Waals surface area contributed by atoms with Gasteiger partial charge in [0.05, 0.1) is 13.2 Å². The van der Waals surface area contributed by atoms with Crippen LogP contribution >= 0.6 is 0 Å². The van der Waals surface area contributed by atoms with Gasteiger partial charge in [0, 0.05) is 23.3 Å². The summed E-state index contributed by atoms with van der Waals surface area (Å²) < 4.78 is 12.5. The van der Waals surface area contributed by atoms with Crippen molar-refractivity contribution in [2.24, 2.45) is 54.1 Å². The van der Waals surface area contributed by atoms with E-state index in [4.69, 9.17) is 9.47 Å². The maximum Gasteiger partial charge on any atom is 0.407 e. The SMILES string of the molecule is CC(C)(C)CC(COC(=O)CCC1(C)CC(NC(=O)OCC(CC(C)(C)C)(CC(C)(C)C)CC(C)(C)C)CC(C)(C)C1)(CC(C)(C)C)CC(C)(C)C. The lowest BCUT2D eigenvalue weighted by atomic mass is 9.61. The average molecular weight is 734 g/mol. The Morgan fingerprint density at radius 3 is 1.19 bits per heavy atom. The summed E-state index contributed by atoms with van der Waals surface area (Å²) >= 11 is 0. The smallest absolute Gasteiger partial charge is 0.407 e. The highest BCUT2D eigenvalue weighted by Crippen LogP contribution is 2.52. The first-order valence-electron chi connectivity index (χ1n) is 20.8. The van der Waals surface area contributed by atoms with E-state index in [1.54, 1.807) is 0 Å². The van der Waals surface area contributed by atoms with E-state index in [0.717, 1.165) is 64.2 Å². The zero-order chi connectivity index (χ0) is 41.0. The molecule has 2 unspecified atom stereocenters. The summed E-state index contributed by atoms with van der Waals surface area (Å²) in [7, 11) is 0. The third-order valence-electron chi connectivity index (χ3n) is 10.2. The predicted octanol–water partition coefficient (Wildman–Crippen LogP) is 14.2. The molecule has 1 aliphatic carbocycles. The summed E-state index contributed by atoms with van der Waals surface area (Å²) in [6, 6.07) is -0.00229. The number of hydrogen-bond acceptors (Lipinski definition) is 4. The van der Waals surface area contributed by atoms with Gasteiger partial charge in [-0.25, -0.2) is 4.79 Å². The topological polar surface area (TPSA) is 64.6 Å². The molecular formula is C47H91NO4. The third kappa shape index (κ3) is 21.0. The first kappa shape index (κ1) is 48.8. The van der Waals surface area contributed by atoms with Gasteiger partial charge in [-0.3, -0.25) is 4.79 Å². The Kier molecular flexibility index (Phi) is 15.8. The number of nitrogens with one attached hydrogen (secondary N) is 1. The van der Waals surface area contributed by atoms with Gasteiger partial charge < -0.3 is 14.8 Å². The van der Waals surface area contributed by atoms with Crippen LogP contribution < -0.4 is 5.32 Å². The van der Waals surface area contributed by atoms with Crippen LogP contribution in [0.4, 0.5) is 4.79 Å². The van der Waals surface area contributed by atoms with Crippen molar-refractivity contribution in [2.45, 2.75) is 222 Å². The standard InChI is InChI=1S/C47H91NO4/c1-38(2,3)26-46(27-39(4,5)6,28-40(7,8)9)33-51-36(49)22-23-45(21)25-35(24-44(19,20)32-45)48-37(50)52-34-47(29-41(10,11)12,30-42(13,14)15)31-43(16,17)18/h35H,22-34H2,1-21H3,(H,48,50). The second kappa shape index (κ2) is 16.9. The molecule has 1 amide bonds. The predicted molar refractivity (Wildman–Crippen MR) is 224 cm³/mol. The lowest BCUT2D eigenvalue weighted by Crippen LogP contribution is -2.48. The van der Waals surface area contributed by atoms with E-state index in [1.807, 2.05) is 0 Å². The molecule has 1 N–H and O–H groups in total. The van der Waals surface area contributed by atoms with Gasteiger partial charge in [-0.2, -0.15) is 0 Å². The maximum absolute atomic E-state index is 13.6. The zero-order valence-corrected chi connectivity index (χ0v) is 38.9. The van der Waals surface area contributed by atoms with Crippen LogP contribution in [0.1, 0.15) is 216 Å². The average Bonchev–Trinajstić information content (AvgIpc) is 2.77. The molecule has 1 aliphatic rings. The molecule has 0 bridgehead atoms. The van der Waals surface area contributed by atoms with Crippen molar-refractivity contribution in [2.75, 3.05) is 13.2 Å². The number of carbonyl (C=O) groups is 2. The van der Waals surface area contributed by atoms with E-state index < -0.39 is 0 Å². The Labute approximate surface area is 325 Å². The Hall–Kier alpha value is -1.26. The maximum atomic E-state index is 13.6. The molecule has 0 aromatic carbocycles. The summed E-state index contributed by atoms with van der Waals surface area (Å²) in [5, 5.41) is 3.31. The molecule has 52 heavy (non-hydrogen) atoms. The quantitative estimate of drug-likeness (QED) is 0.181. The van der Waals surface area contributed by atoms with Crippen molar-refractivity contribution in [3.63, 3.8) is 0 Å². The number of alkyl carbamates (subject to hydrolysis) is 1. The van der Waals surface area contributed by atoms with Crippen molar-refractivity contribution in [1.82, 2.24) is 5.32 Å². The van der Waals surface area contributed by atoms with E-state index in [-0.39, 0.29) is 72.3 Å². The van der Waals surface area contributed by atoms with Crippen molar-refractivity contribution in [3.8, 4) is 0 Å². The molecule has 0 aliphatic heterocycles. The minimum absolute atomic E-state index is 0.00229. The Bertz CT molecular complexity index is 1060. The molecule has 1 fully saturated rings. The molecule has 1 rings (SSSR count). The van der Waals surface area contributed by atoms with Gasteiger partial charge in [-0.05, 0) is 108 Å². The fraction of sp³-hybridized carbons (Fsp3) is 0.957. The molecule has 1 saturated carbocycles. The van der Waals surface area contributed by atoms with E-state index in [1.165, 1.54) is 0 Å². The van der Waals surface area contributed by atoms with Gasteiger partial charge in [0.2, 0.25) is 0 Å². The lowest BCUT2D eigenvalue weighted by Gasteiger charge is -2.47. The molecule has 308 valence electrons. The monoisotopic (exact) mass is 734 g/mol. The number of ether oxygens (including phenoxy) is 2. The molecule has 0 aromatic heterocycles. The van der Waals surface area contributed by atoms with E-state index >= 15 is 0 Å². The number of carbonyl (C=O) groups excluding carboxylic acids is 2. The Balaban J connectivity index is 3.11. The highest BCUT2D eigenvalue weighted by atomic mass is 16.5. The molecule has 5 heteroatoms. The first-order valence-corrected chi connectivity index (χ1v) is 20.8. The van der Waals surface area contributed by atoms with E-state index in [9.17, 15) is 9.59 Å². The zero-order valence-electron chi connectivity index (χ0n) is 38.9. The summed E-state index contributed by atoms with van der Waals surface area (Å²) in [5.41, 5.74) is 0.455. The van der Waals surface area contributed by atoms with Gasteiger partial charge in [0.15, 0.2) is 0 Å². The summed E-state index contributed by atoms with van der Waals surface area (Å²) in [6.07, 6.45) is 9.61. The highest BCUT2D eigenvalue weighted by molar-refractivity contribution is 5.69. The Morgan fingerprint density at radius 2 is 0.865 bits per heavy atom. The van der Waals surface area contributed by atoms with Gasteiger partial charge in [-0.15, -0.1) is 0 Å². The van der Waals surface area contributed by atoms with E-state index in [0.29, 0.717) is 19.6 Å². The summed E-state index contributed by atoms with van der Waals surface area (Å²) in [6.45, 7) is 49.2. The fourth-order valence-electron chi connectivity index (χ4n) is 11.5. The van der Waals surface area contributed by atoms with Gasteiger partial charge in [0.25, 0.3) is 0 Å². The summed E-state index contributed by atoms with van der Waals surface area (Å²) in [5.74, 6) is -0.0949. The minimum Gasteiger partial charge on any atom is -0.465 e. The first-order chi connectivity index (χ1) is 22.7. The minimum atomic E-state index is -0.307. The normalized spacial score (nSPS) is 21.1. The van der Waals surface area contributed by atoms with Crippen molar-refractivity contribution in [3.05, 3.63) is 0 Å². The van der Waals surface area contributed by atoms with Crippen LogP contribution in [0, 0.1) is 54.1 Å². The van der Waals surface area contributed by atoms with Gasteiger partial charge in [-0.1, -0.05) is 145 Å². The molecule has 0 heterocycles. The lowest BCUT2D eigenvalue weighted by molar-refractivity contribution is -0.151. The molecule has 0 saturated heterocycles. The fourth-order valence-corrected chi connectivity index (χ4v) is 11.5. The summed E-state index contributed by atoms with van der Waals surface area (Å²) in [4.78, 5) is 27.2. The molecule has 0 spiro atoms. The van der Waals surface area contributed by atoms with E-state index in [2.05, 4.69) is 151 Å². The van der Waals surface area contributed by atoms with Crippen LogP contribution in [0.3, 0.4) is 0 Å². The largest absolute Gasteiger partial charge is 0.465 e. The molecular weight excluding hydrogens is 643 g/mol.